The second-order valence-electron chi connectivity index (χ2n) is 6.17. The van der Waals surface area contributed by atoms with Crippen LogP contribution in [0.5, 0.6) is 0 Å². The van der Waals surface area contributed by atoms with Crippen molar-refractivity contribution in [3.8, 4) is 17.5 Å². The summed E-state index contributed by atoms with van der Waals surface area (Å²) in [6.07, 6.45) is 2.61. The zero-order chi connectivity index (χ0) is 18.6. The summed E-state index contributed by atoms with van der Waals surface area (Å²) in [5.41, 5.74) is 4.39. The number of H-pyrrole nitrogens is 1. The highest BCUT2D eigenvalue weighted by Gasteiger charge is 2.12. The Morgan fingerprint density at radius 1 is 1.22 bits per heavy atom. The minimum atomic E-state index is -0.473. The van der Waals surface area contributed by atoms with Gasteiger partial charge in [0, 0.05) is 11.3 Å². The summed E-state index contributed by atoms with van der Waals surface area (Å²) < 4.78 is 0. The molecule has 2 aromatic heterocycles. The first-order valence-electron chi connectivity index (χ1n) is 8.74. The molecule has 8 nitrogen and oxygen atoms in total. The number of aromatic amines is 1. The van der Waals surface area contributed by atoms with Crippen LogP contribution in [0.4, 0.5) is 5.69 Å². The summed E-state index contributed by atoms with van der Waals surface area (Å²) >= 11 is 0. The minimum absolute atomic E-state index is 0.473. The van der Waals surface area contributed by atoms with Crippen LogP contribution >= 0.6 is 0 Å². The summed E-state index contributed by atoms with van der Waals surface area (Å²) in [6, 6.07) is 15.2. The molecule has 0 amide bonds. The molecule has 8 heteroatoms. The SMILES string of the molecule is CCCn1nnc(-c2ccc(C(C#N)Nc3ccc4[nH]cnc4c3)cc2)n1. The first kappa shape index (κ1) is 16.7. The number of hydrogen-bond donors (Lipinski definition) is 2. The first-order valence-corrected chi connectivity index (χ1v) is 8.74. The Kier molecular flexibility index (Phi) is 4.49. The molecule has 0 fully saturated rings. The van der Waals surface area contributed by atoms with Gasteiger partial charge in [0.25, 0.3) is 0 Å². The zero-order valence-electron chi connectivity index (χ0n) is 14.8. The van der Waals surface area contributed by atoms with Gasteiger partial charge in [-0.25, -0.2) is 4.98 Å². The number of anilines is 1. The lowest BCUT2D eigenvalue weighted by Gasteiger charge is -2.13. The number of imidazole rings is 1. The van der Waals surface area contributed by atoms with E-state index in [1.165, 1.54) is 0 Å². The number of aromatic nitrogens is 6. The molecule has 0 bridgehead atoms. The van der Waals surface area contributed by atoms with Gasteiger partial charge in [0.2, 0.25) is 5.82 Å². The summed E-state index contributed by atoms with van der Waals surface area (Å²) in [4.78, 5) is 8.89. The van der Waals surface area contributed by atoms with E-state index < -0.39 is 6.04 Å². The van der Waals surface area contributed by atoms with E-state index in [9.17, 15) is 5.26 Å². The van der Waals surface area contributed by atoms with E-state index in [1.54, 1.807) is 11.1 Å². The highest BCUT2D eigenvalue weighted by molar-refractivity contribution is 5.78. The Morgan fingerprint density at radius 3 is 2.85 bits per heavy atom. The van der Waals surface area contributed by atoms with Gasteiger partial charge in [-0.1, -0.05) is 31.2 Å². The van der Waals surface area contributed by atoms with Crippen LogP contribution in [0.3, 0.4) is 0 Å². The standard InChI is InChI=1S/C19H18N8/c1-2-9-27-25-19(24-26-27)14-5-3-13(4-6-14)18(11-20)23-15-7-8-16-17(10-15)22-12-21-16/h3-8,10,12,18,23H,2,9H2,1H3,(H,21,22). The maximum atomic E-state index is 9.59. The number of aryl methyl sites for hydroxylation is 1. The summed E-state index contributed by atoms with van der Waals surface area (Å²) in [5, 5.41) is 25.3. The Labute approximate surface area is 155 Å². The number of nitrogens with zero attached hydrogens (tertiary/aromatic N) is 6. The van der Waals surface area contributed by atoms with Gasteiger partial charge in [-0.2, -0.15) is 10.1 Å². The largest absolute Gasteiger partial charge is 0.366 e. The predicted octanol–water partition coefficient (Wildman–Crippen LogP) is 3.30. The predicted molar refractivity (Wildman–Crippen MR) is 102 cm³/mol. The topological polar surface area (TPSA) is 108 Å². The van der Waals surface area contributed by atoms with E-state index in [0.717, 1.165) is 40.8 Å². The second-order valence-corrected chi connectivity index (χ2v) is 6.17. The number of tetrazole rings is 1. The lowest BCUT2D eigenvalue weighted by Crippen LogP contribution is -2.08. The molecule has 0 radical (unpaired) electrons. The third-order valence-corrected chi connectivity index (χ3v) is 4.24. The van der Waals surface area contributed by atoms with Gasteiger partial charge in [0.1, 0.15) is 6.04 Å². The van der Waals surface area contributed by atoms with Gasteiger partial charge < -0.3 is 10.3 Å². The molecule has 0 saturated heterocycles. The molecule has 0 spiro atoms. The number of hydrogen-bond acceptors (Lipinski definition) is 6. The Balaban J connectivity index is 1.52. The van der Waals surface area contributed by atoms with Crippen molar-refractivity contribution in [1.82, 2.24) is 30.2 Å². The van der Waals surface area contributed by atoms with Crippen molar-refractivity contribution < 1.29 is 0 Å². The quantitative estimate of drug-likeness (QED) is 0.547. The van der Waals surface area contributed by atoms with E-state index in [-0.39, 0.29) is 0 Å². The van der Waals surface area contributed by atoms with Crippen molar-refractivity contribution in [2.75, 3.05) is 5.32 Å². The van der Waals surface area contributed by atoms with Crippen LogP contribution in [-0.4, -0.2) is 30.2 Å². The van der Waals surface area contributed by atoms with Crippen LogP contribution in [0, 0.1) is 11.3 Å². The highest BCUT2D eigenvalue weighted by atomic mass is 15.6. The lowest BCUT2D eigenvalue weighted by atomic mass is 10.0. The molecular weight excluding hydrogens is 340 g/mol. The monoisotopic (exact) mass is 358 g/mol. The Morgan fingerprint density at radius 2 is 2.07 bits per heavy atom. The third-order valence-electron chi connectivity index (χ3n) is 4.24. The Bertz CT molecular complexity index is 1090. The molecule has 4 rings (SSSR count). The number of nitriles is 1. The highest BCUT2D eigenvalue weighted by Crippen LogP contribution is 2.24. The Hall–Kier alpha value is -3.73. The maximum absolute atomic E-state index is 9.59. The summed E-state index contributed by atoms with van der Waals surface area (Å²) in [7, 11) is 0. The fourth-order valence-electron chi connectivity index (χ4n) is 2.86. The van der Waals surface area contributed by atoms with Crippen LogP contribution < -0.4 is 5.32 Å². The number of nitrogens with one attached hydrogen (secondary N) is 2. The smallest absolute Gasteiger partial charge is 0.204 e. The van der Waals surface area contributed by atoms with Gasteiger partial charge in [-0.3, -0.25) is 0 Å². The molecule has 27 heavy (non-hydrogen) atoms. The molecule has 134 valence electrons. The van der Waals surface area contributed by atoms with Crippen LogP contribution in [-0.2, 0) is 6.54 Å². The van der Waals surface area contributed by atoms with Gasteiger partial charge in [-0.05, 0) is 35.4 Å². The van der Waals surface area contributed by atoms with E-state index >= 15 is 0 Å². The van der Waals surface area contributed by atoms with Crippen LogP contribution in [0.25, 0.3) is 22.4 Å². The average Bonchev–Trinajstić information content (AvgIpc) is 3.35. The van der Waals surface area contributed by atoms with Gasteiger partial charge in [0.15, 0.2) is 0 Å². The van der Waals surface area contributed by atoms with Crippen LogP contribution in [0.2, 0.25) is 0 Å². The van der Waals surface area contributed by atoms with Crippen molar-refractivity contribution in [2.24, 2.45) is 0 Å². The molecule has 0 aliphatic rings. The molecule has 0 aliphatic carbocycles. The normalized spacial score (nSPS) is 12.0. The molecule has 1 atom stereocenters. The van der Waals surface area contributed by atoms with Gasteiger partial charge in [-0.15, -0.1) is 10.2 Å². The molecule has 2 heterocycles. The second kappa shape index (κ2) is 7.25. The molecule has 2 aromatic carbocycles. The lowest BCUT2D eigenvalue weighted by molar-refractivity contribution is 0.515. The minimum Gasteiger partial charge on any atom is -0.366 e. The maximum Gasteiger partial charge on any atom is 0.204 e. The van der Waals surface area contributed by atoms with Crippen molar-refractivity contribution in [2.45, 2.75) is 25.9 Å². The zero-order valence-corrected chi connectivity index (χ0v) is 14.8. The summed E-state index contributed by atoms with van der Waals surface area (Å²) in [6.45, 7) is 2.81. The molecule has 0 saturated carbocycles. The van der Waals surface area contributed by atoms with Crippen molar-refractivity contribution in [1.29, 1.82) is 5.26 Å². The fourth-order valence-corrected chi connectivity index (χ4v) is 2.86. The number of rotatable bonds is 6. The molecule has 0 aliphatic heterocycles. The van der Waals surface area contributed by atoms with E-state index in [0.29, 0.717) is 5.82 Å². The number of fused-ring (bicyclic) bond motifs is 1. The first-order chi connectivity index (χ1) is 13.3. The third kappa shape index (κ3) is 3.48. The molecule has 1 unspecified atom stereocenters. The fraction of sp³-hybridized carbons (Fsp3) is 0.211. The average molecular weight is 358 g/mol. The van der Waals surface area contributed by atoms with Crippen molar-refractivity contribution in [3.05, 3.63) is 54.4 Å². The molecule has 2 N–H and O–H groups in total. The summed E-state index contributed by atoms with van der Waals surface area (Å²) in [5.74, 6) is 0.584. The molecule has 4 aromatic rings. The van der Waals surface area contributed by atoms with E-state index in [4.69, 9.17) is 0 Å². The van der Waals surface area contributed by atoms with Crippen molar-refractivity contribution in [3.63, 3.8) is 0 Å². The van der Waals surface area contributed by atoms with Crippen LogP contribution in [0.1, 0.15) is 24.9 Å². The van der Waals surface area contributed by atoms with Gasteiger partial charge >= 0.3 is 0 Å². The van der Waals surface area contributed by atoms with E-state index in [2.05, 4.69) is 43.7 Å². The van der Waals surface area contributed by atoms with Crippen molar-refractivity contribution >= 4 is 16.7 Å². The van der Waals surface area contributed by atoms with E-state index in [1.807, 2.05) is 42.5 Å². The van der Waals surface area contributed by atoms with Crippen LogP contribution in [0.15, 0.2) is 48.8 Å². The number of benzene rings is 2. The molecular formula is C19H18N8. The van der Waals surface area contributed by atoms with Gasteiger partial charge in [0.05, 0.1) is 30.0 Å².